The molecule has 0 bridgehead atoms. The number of unbranched alkanes of at least 4 members (excludes halogenated alkanes) is 1. The zero-order valence-corrected chi connectivity index (χ0v) is 14.1. The lowest BCUT2D eigenvalue weighted by molar-refractivity contribution is -0.138. The Labute approximate surface area is 144 Å². The molecule has 1 amide bonds. The quantitative estimate of drug-likeness (QED) is 0.426. The SMILES string of the molecule is CCCCOc1ccc(/C=N\N=C2\NC(=O)[C@@H](CC(=O)O)S2)cc1. The monoisotopic (exact) mass is 349 g/mol. The fourth-order valence-corrected chi connectivity index (χ4v) is 2.79. The van der Waals surface area contributed by atoms with Crippen molar-refractivity contribution in [3.8, 4) is 5.75 Å². The van der Waals surface area contributed by atoms with E-state index in [9.17, 15) is 9.59 Å². The highest BCUT2D eigenvalue weighted by molar-refractivity contribution is 8.15. The van der Waals surface area contributed by atoms with Crippen molar-refractivity contribution in [3.63, 3.8) is 0 Å². The molecule has 1 aliphatic heterocycles. The second-order valence-corrected chi connectivity index (χ2v) is 6.31. The Morgan fingerprint density at radius 2 is 2.17 bits per heavy atom. The van der Waals surface area contributed by atoms with E-state index in [0.29, 0.717) is 11.8 Å². The first kappa shape index (κ1) is 18.0. The lowest BCUT2D eigenvalue weighted by Gasteiger charge is -2.04. The molecule has 7 nitrogen and oxygen atoms in total. The third-order valence-corrected chi connectivity index (χ3v) is 4.21. The number of carbonyl (C=O) groups excluding carboxylic acids is 1. The van der Waals surface area contributed by atoms with Gasteiger partial charge in [0.25, 0.3) is 0 Å². The smallest absolute Gasteiger partial charge is 0.305 e. The number of rotatable bonds is 8. The number of nitrogens with zero attached hydrogens (tertiary/aromatic N) is 2. The first-order chi connectivity index (χ1) is 11.6. The van der Waals surface area contributed by atoms with Crippen molar-refractivity contribution < 1.29 is 19.4 Å². The molecule has 2 N–H and O–H groups in total. The number of carboxylic acid groups (broad SMARTS) is 1. The van der Waals surface area contributed by atoms with Gasteiger partial charge in [-0.25, -0.2) is 0 Å². The molecule has 0 saturated carbocycles. The maximum absolute atomic E-state index is 11.6. The summed E-state index contributed by atoms with van der Waals surface area (Å²) in [6.07, 6.45) is 3.43. The van der Waals surface area contributed by atoms with Crippen molar-refractivity contribution in [1.29, 1.82) is 0 Å². The molecule has 1 aliphatic rings. The molecular formula is C16H19N3O4S. The van der Waals surface area contributed by atoms with E-state index in [4.69, 9.17) is 9.84 Å². The number of nitrogens with one attached hydrogen (secondary N) is 1. The van der Waals surface area contributed by atoms with Crippen molar-refractivity contribution in [1.82, 2.24) is 5.32 Å². The molecule has 0 spiro atoms. The molecule has 1 aromatic carbocycles. The van der Waals surface area contributed by atoms with Crippen LogP contribution in [-0.4, -0.2) is 40.2 Å². The third-order valence-electron chi connectivity index (χ3n) is 3.14. The summed E-state index contributed by atoms with van der Waals surface area (Å²) in [6.45, 7) is 2.81. The number of hydrogen-bond donors (Lipinski definition) is 2. The summed E-state index contributed by atoms with van der Waals surface area (Å²) in [5, 5.41) is 18.7. The summed E-state index contributed by atoms with van der Waals surface area (Å²) in [6, 6.07) is 7.44. The molecule has 0 unspecified atom stereocenters. The van der Waals surface area contributed by atoms with Crippen LogP contribution in [0.5, 0.6) is 5.75 Å². The molecule has 2 rings (SSSR count). The van der Waals surface area contributed by atoms with Gasteiger partial charge in [0.2, 0.25) is 5.91 Å². The highest BCUT2D eigenvalue weighted by atomic mass is 32.2. The average molecular weight is 349 g/mol. The van der Waals surface area contributed by atoms with Gasteiger partial charge >= 0.3 is 5.97 Å². The predicted molar refractivity (Wildman–Crippen MR) is 93.6 cm³/mol. The van der Waals surface area contributed by atoms with Crippen molar-refractivity contribution in [2.75, 3.05) is 6.61 Å². The van der Waals surface area contributed by atoms with E-state index in [2.05, 4.69) is 22.4 Å². The molecule has 24 heavy (non-hydrogen) atoms. The second-order valence-electron chi connectivity index (χ2n) is 5.11. The number of amidine groups is 1. The van der Waals surface area contributed by atoms with Gasteiger partial charge in [0.15, 0.2) is 5.17 Å². The maximum atomic E-state index is 11.6. The fourth-order valence-electron chi connectivity index (χ4n) is 1.88. The Hall–Kier alpha value is -2.35. The van der Waals surface area contributed by atoms with Gasteiger partial charge in [-0.05, 0) is 36.2 Å². The van der Waals surface area contributed by atoms with Gasteiger partial charge < -0.3 is 15.2 Å². The number of aliphatic carboxylic acids is 1. The zero-order valence-electron chi connectivity index (χ0n) is 13.3. The minimum Gasteiger partial charge on any atom is -0.494 e. The van der Waals surface area contributed by atoms with Crippen LogP contribution in [0.1, 0.15) is 31.7 Å². The van der Waals surface area contributed by atoms with Gasteiger partial charge in [0.05, 0.1) is 19.2 Å². The van der Waals surface area contributed by atoms with E-state index in [-0.39, 0.29) is 12.3 Å². The molecule has 1 atom stereocenters. The Morgan fingerprint density at radius 3 is 2.83 bits per heavy atom. The number of benzene rings is 1. The van der Waals surface area contributed by atoms with Gasteiger partial charge in [-0.2, -0.15) is 5.10 Å². The van der Waals surface area contributed by atoms with Gasteiger partial charge in [-0.15, -0.1) is 5.10 Å². The second kappa shape index (κ2) is 9.07. The van der Waals surface area contributed by atoms with Crippen LogP contribution in [0.4, 0.5) is 0 Å². The largest absolute Gasteiger partial charge is 0.494 e. The molecule has 0 aliphatic carbocycles. The van der Waals surface area contributed by atoms with Gasteiger partial charge in [-0.3, -0.25) is 9.59 Å². The van der Waals surface area contributed by atoms with Gasteiger partial charge in [-0.1, -0.05) is 25.1 Å². The summed E-state index contributed by atoms with van der Waals surface area (Å²) >= 11 is 1.07. The number of amides is 1. The third kappa shape index (κ3) is 5.69. The molecule has 1 aromatic rings. The van der Waals surface area contributed by atoms with E-state index in [0.717, 1.165) is 35.9 Å². The predicted octanol–water partition coefficient (Wildman–Crippen LogP) is 2.26. The van der Waals surface area contributed by atoms with E-state index < -0.39 is 11.2 Å². The Kier molecular flexibility index (Phi) is 6.80. The summed E-state index contributed by atoms with van der Waals surface area (Å²) in [5.74, 6) is -0.569. The first-order valence-corrected chi connectivity index (χ1v) is 8.49. The normalized spacial score (nSPS) is 19.0. The topological polar surface area (TPSA) is 100 Å². The molecule has 1 heterocycles. The summed E-state index contributed by atoms with van der Waals surface area (Å²) in [4.78, 5) is 22.2. The molecule has 1 saturated heterocycles. The molecule has 128 valence electrons. The first-order valence-electron chi connectivity index (χ1n) is 7.61. The van der Waals surface area contributed by atoms with E-state index in [1.54, 1.807) is 6.21 Å². The molecule has 8 heteroatoms. The lowest BCUT2D eigenvalue weighted by Crippen LogP contribution is -2.26. The van der Waals surface area contributed by atoms with Crippen molar-refractivity contribution in [2.45, 2.75) is 31.4 Å². The average Bonchev–Trinajstić information content (AvgIpc) is 2.88. The van der Waals surface area contributed by atoms with Crippen molar-refractivity contribution in [3.05, 3.63) is 29.8 Å². The fraction of sp³-hybridized carbons (Fsp3) is 0.375. The van der Waals surface area contributed by atoms with Crippen LogP contribution in [0.25, 0.3) is 0 Å². The van der Waals surface area contributed by atoms with Crippen LogP contribution in [0.15, 0.2) is 34.5 Å². The molecular weight excluding hydrogens is 330 g/mol. The number of hydrogen-bond acceptors (Lipinski definition) is 6. The van der Waals surface area contributed by atoms with Crippen LogP contribution >= 0.6 is 11.8 Å². The van der Waals surface area contributed by atoms with Crippen molar-refractivity contribution >= 4 is 35.0 Å². The number of carbonyl (C=O) groups is 2. The van der Waals surface area contributed by atoms with E-state index in [1.807, 2.05) is 24.3 Å². The van der Waals surface area contributed by atoms with Crippen LogP contribution in [-0.2, 0) is 9.59 Å². The summed E-state index contributed by atoms with van der Waals surface area (Å²) in [5.41, 5.74) is 0.846. The number of thioether (sulfide) groups is 1. The highest BCUT2D eigenvalue weighted by Gasteiger charge is 2.32. The Morgan fingerprint density at radius 1 is 1.42 bits per heavy atom. The molecule has 0 aromatic heterocycles. The van der Waals surface area contributed by atoms with Crippen molar-refractivity contribution in [2.24, 2.45) is 10.2 Å². The minimum atomic E-state index is -1.02. The Bertz CT molecular complexity index is 643. The number of ether oxygens (including phenoxy) is 1. The molecule has 0 radical (unpaired) electrons. The highest BCUT2D eigenvalue weighted by Crippen LogP contribution is 2.22. The molecule has 1 fully saturated rings. The standard InChI is InChI=1S/C16H19N3O4S/c1-2-3-8-23-12-6-4-11(5-7-12)10-17-19-16-18-15(22)13(24-16)9-14(20)21/h4-7,10,13H,2-3,8-9H2,1H3,(H,20,21)(H,18,19,22)/b17-10-/t13-/m1/s1. The lowest BCUT2D eigenvalue weighted by atomic mass is 10.2. The maximum Gasteiger partial charge on any atom is 0.305 e. The van der Waals surface area contributed by atoms with Gasteiger partial charge in [0.1, 0.15) is 11.0 Å². The summed E-state index contributed by atoms with van der Waals surface area (Å²) < 4.78 is 5.57. The van der Waals surface area contributed by atoms with Crippen LogP contribution in [0.3, 0.4) is 0 Å². The Balaban J connectivity index is 1.87. The van der Waals surface area contributed by atoms with Crippen LogP contribution < -0.4 is 10.1 Å². The minimum absolute atomic E-state index is 0.237. The van der Waals surface area contributed by atoms with E-state index >= 15 is 0 Å². The van der Waals surface area contributed by atoms with Gasteiger partial charge in [0, 0.05) is 0 Å². The summed E-state index contributed by atoms with van der Waals surface area (Å²) in [7, 11) is 0. The van der Waals surface area contributed by atoms with Crippen LogP contribution in [0, 0.1) is 0 Å². The number of carboxylic acids is 1. The van der Waals surface area contributed by atoms with E-state index in [1.165, 1.54) is 0 Å². The van der Waals surface area contributed by atoms with Crippen LogP contribution in [0.2, 0.25) is 0 Å². The zero-order chi connectivity index (χ0) is 17.4.